The Morgan fingerprint density at radius 2 is 2.07 bits per heavy atom. The quantitative estimate of drug-likeness (QED) is 0.844. The van der Waals surface area contributed by atoms with Crippen molar-refractivity contribution in [1.82, 2.24) is 20.0 Å². The molecule has 0 spiro atoms. The molecule has 1 aliphatic rings. The smallest absolute Gasteiger partial charge is 0.289 e. The van der Waals surface area contributed by atoms with Crippen molar-refractivity contribution in [3.63, 3.8) is 0 Å². The Kier molecular flexibility index (Phi) is 5.98. The molecule has 0 aromatic carbocycles. The zero-order chi connectivity index (χ0) is 19.4. The zero-order valence-electron chi connectivity index (χ0n) is 16.3. The van der Waals surface area contributed by atoms with Gasteiger partial charge in [0.15, 0.2) is 5.76 Å². The third-order valence-corrected chi connectivity index (χ3v) is 5.10. The maximum atomic E-state index is 12.5. The van der Waals surface area contributed by atoms with Crippen molar-refractivity contribution >= 4 is 11.8 Å². The first kappa shape index (κ1) is 19.2. The van der Waals surface area contributed by atoms with Crippen molar-refractivity contribution in [2.75, 3.05) is 19.6 Å². The fraction of sp³-hybridized carbons (Fsp3) is 0.550. The lowest BCUT2D eigenvalue weighted by Gasteiger charge is -2.31. The molecule has 7 heteroatoms. The number of aromatic nitrogens is 2. The maximum Gasteiger partial charge on any atom is 0.289 e. The minimum absolute atomic E-state index is 0.0356. The summed E-state index contributed by atoms with van der Waals surface area (Å²) < 4.78 is 7.16. The average molecular weight is 372 g/mol. The molecule has 1 fully saturated rings. The third kappa shape index (κ3) is 4.78. The molecule has 146 valence electrons. The van der Waals surface area contributed by atoms with Gasteiger partial charge in [0.25, 0.3) is 5.91 Å². The molecule has 3 heterocycles. The highest BCUT2D eigenvalue weighted by Gasteiger charge is 2.28. The van der Waals surface area contributed by atoms with E-state index in [0.717, 1.165) is 17.9 Å². The number of aryl methyl sites for hydroxylation is 2. The predicted molar refractivity (Wildman–Crippen MR) is 101 cm³/mol. The molecule has 0 saturated carbocycles. The van der Waals surface area contributed by atoms with Crippen LogP contribution in [0.15, 0.2) is 28.9 Å². The average Bonchev–Trinajstić information content (AvgIpc) is 3.29. The molecule has 0 radical (unpaired) electrons. The lowest BCUT2D eigenvalue weighted by molar-refractivity contribution is -0.126. The van der Waals surface area contributed by atoms with Crippen LogP contribution in [0.25, 0.3) is 0 Å². The van der Waals surface area contributed by atoms with E-state index in [1.807, 2.05) is 18.5 Å². The van der Waals surface area contributed by atoms with Gasteiger partial charge in [0.1, 0.15) is 0 Å². The van der Waals surface area contributed by atoms with Gasteiger partial charge in [0, 0.05) is 37.8 Å². The number of hydrogen-bond donors (Lipinski definition) is 1. The highest BCUT2D eigenvalue weighted by atomic mass is 16.3. The number of carbonyl (C=O) groups excluding carboxylic acids is 2. The minimum Gasteiger partial charge on any atom is -0.459 e. The van der Waals surface area contributed by atoms with Crippen LogP contribution in [0.2, 0.25) is 0 Å². The second-order valence-electron chi connectivity index (χ2n) is 7.50. The van der Waals surface area contributed by atoms with Crippen molar-refractivity contribution in [2.24, 2.45) is 11.8 Å². The molecule has 3 rings (SSSR count). The van der Waals surface area contributed by atoms with Gasteiger partial charge in [-0.3, -0.25) is 14.3 Å². The van der Waals surface area contributed by atoms with Gasteiger partial charge in [-0.1, -0.05) is 6.92 Å². The molecule has 1 saturated heterocycles. The summed E-state index contributed by atoms with van der Waals surface area (Å²) >= 11 is 0. The predicted octanol–water partition coefficient (Wildman–Crippen LogP) is 2.40. The van der Waals surface area contributed by atoms with Gasteiger partial charge in [-0.25, -0.2) is 0 Å². The van der Waals surface area contributed by atoms with E-state index in [1.54, 1.807) is 17.0 Å². The molecule has 2 aromatic rings. The van der Waals surface area contributed by atoms with Crippen LogP contribution >= 0.6 is 0 Å². The summed E-state index contributed by atoms with van der Waals surface area (Å²) in [5, 5.41) is 7.54. The summed E-state index contributed by atoms with van der Waals surface area (Å²) in [5.41, 5.74) is 2.15. The van der Waals surface area contributed by atoms with E-state index in [2.05, 4.69) is 23.4 Å². The lowest BCUT2D eigenvalue weighted by atomic mass is 9.95. The number of likely N-dealkylation sites (tertiary alicyclic amines) is 1. The molecule has 1 N–H and O–H groups in total. The fourth-order valence-corrected chi connectivity index (χ4v) is 3.54. The largest absolute Gasteiger partial charge is 0.459 e. The number of nitrogens with one attached hydrogen (secondary N) is 1. The van der Waals surface area contributed by atoms with Crippen molar-refractivity contribution in [1.29, 1.82) is 0 Å². The first-order chi connectivity index (χ1) is 12.9. The normalized spacial score (nSPS) is 16.3. The molecule has 2 amide bonds. The molecule has 1 atom stereocenters. The fourth-order valence-electron chi connectivity index (χ4n) is 3.54. The summed E-state index contributed by atoms with van der Waals surface area (Å²) in [4.78, 5) is 26.5. The van der Waals surface area contributed by atoms with Gasteiger partial charge >= 0.3 is 0 Å². The number of furan rings is 1. The van der Waals surface area contributed by atoms with Crippen molar-refractivity contribution < 1.29 is 14.0 Å². The van der Waals surface area contributed by atoms with Crippen LogP contribution in [0, 0.1) is 25.7 Å². The van der Waals surface area contributed by atoms with Gasteiger partial charge in [0.2, 0.25) is 5.91 Å². The lowest BCUT2D eigenvalue weighted by Crippen LogP contribution is -2.43. The number of hydrogen-bond acceptors (Lipinski definition) is 4. The molecule has 7 nitrogen and oxygen atoms in total. The maximum absolute atomic E-state index is 12.5. The van der Waals surface area contributed by atoms with Crippen LogP contribution in [-0.2, 0) is 11.3 Å². The molecule has 2 aromatic heterocycles. The second-order valence-corrected chi connectivity index (χ2v) is 7.50. The SMILES string of the molecule is Cc1cc(C)n(C[C@@H](C)CNC(=O)C2CCN(C(=O)c3ccco3)CC2)n1. The Hall–Kier alpha value is -2.57. The van der Waals surface area contributed by atoms with E-state index >= 15 is 0 Å². The first-order valence-electron chi connectivity index (χ1n) is 9.55. The van der Waals surface area contributed by atoms with Crippen molar-refractivity contribution in [3.05, 3.63) is 41.6 Å². The van der Waals surface area contributed by atoms with Crippen LogP contribution < -0.4 is 5.32 Å². The Balaban J connectivity index is 1.41. The molecular weight excluding hydrogens is 344 g/mol. The monoisotopic (exact) mass is 372 g/mol. The highest BCUT2D eigenvalue weighted by molar-refractivity contribution is 5.91. The summed E-state index contributed by atoms with van der Waals surface area (Å²) in [7, 11) is 0. The summed E-state index contributed by atoms with van der Waals surface area (Å²) in [6.45, 7) is 8.72. The molecule has 0 aliphatic carbocycles. The number of amides is 2. The number of piperidine rings is 1. The van der Waals surface area contributed by atoms with Gasteiger partial charge < -0.3 is 14.6 Å². The second kappa shape index (κ2) is 8.41. The third-order valence-electron chi connectivity index (χ3n) is 5.10. The van der Waals surface area contributed by atoms with Crippen molar-refractivity contribution in [3.8, 4) is 0 Å². The van der Waals surface area contributed by atoms with Crippen LogP contribution in [0.1, 0.15) is 41.7 Å². The molecule has 0 unspecified atom stereocenters. The van der Waals surface area contributed by atoms with E-state index < -0.39 is 0 Å². The number of rotatable bonds is 6. The van der Waals surface area contributed by atoms with E-state index in [0.29, 0.717) is 44.2 Å². The first-order valence-corrected chi connectivity index (χ1v) is 9.55. The Labute approximate surface area is 159 Å². The summed E-state index contributed by atoms with van der Waals surface area (Å²) in [6, 6.07) is 5.44. The number of carbonyl (C=O) groups is 2. The number of nitrogens with zero attached hydrogens (tertiary/aromatic N) is 3. The Morgan fingerprint density at radius 1 is 1.33 bits per heavy atom. The van der Waals surface area contributed by atoms with E-state index in [9.17, 15) is 9.59 Å². The van der Waals surface area contributed by atoms with E-state index in [4.69, 9.17) is 4.42 Å². The Morgan fingerprint density at radius 3 is 2.67 bits per heavy atom. The summed E-state index contributed by atoms with van der Waals surface area (Å²) in [5.74, 6) is 0.604. The molecule has 1 aliphatic heterocycles. The van der Waals surface area contributed by atoms with Gasteiger partial charge in [0.05, 0.1) is 12.0 Å². The molecular formula is C20H28N4O3. The van der Waals surface area contributed by atoms with Crippen LogP contribution in [-0.4, -0.2) is 46.1 Å². The van der Waals surface area contributed by atoms with Gasteiger partial charge in [-0.2, -0.15) is 5.10 Å². The van der Waals surface area contributed by atoms with Crippen LogP contribution in [0.5, 0.6) is 0 Å². The van der Waals surface area contributed by atoms with Crippen LogP contribution in [0.3, 0.4) is 0 Å². The van der Waals surface area contributed by atoms with Crippen LogP contribution in [0.4, 0.5) is 0 Å². The zero-order valence-corrected chi connectivity index (χ0v) is 16.3. The molecule has 0 bridgehead atoms. The van der Waals surface area contributed by atoms with Gasteiger partial charge in [-0.05, 0) is 50.8 Å². The topological polar surface area (TPSA) is 80.4 Å². The van der Waals surface area contributed by atoms with E-state index in [-0.39, 0.29) is 17.7 Å². The van der Waals surface area contributed by atoms with Crippen molar-refractivity contribution in [2.45, 2.75) is 40.2 Å². The standard InChI is InChI=1S/C20H28N4O3/c1-14(13-24-16(3)11-15(2)22-24)12-21-19(25)17-6-8-23(9-7-17)20(26)18-5-4-10-27-18/h4-5,10-11,14,17H,6-9,12-13H2,1-3H3,(H,21,25)/t14-/m0/s1. The minimum atomic E-state index is -0.0997. The Bertz CT molecular complexity index is 773. The highest BCUT2D eigenvalue weighted by Crippen LogP contribution is 2.19. The summed E-state index contributed by atoms with van der Waals surface area (Å²) in [6.07, 6.45) is 2.87. The van der Waals surface area contributed by atoms with E-state index in [1.165, 1.54) is 6.26 Å². The van der Waals surface area contributed by atoms with Gasteiger partial charge in [-0.15, -0.1) is 0 Å². The molecule has 27 heavy (non-hydrogen) atoms.